The predicted molar refractivity (Wildman–Crippen MR) is 71.2 cm³/mol. The molecule has 0 fully saturated rings. The van der Waals surface area contributed by atoms with Gasteiger partial charge in [-0.15, -0.1) is 0 Å². The van der Waals surface area contributed by atoms with Crippen LogP contribution in [0.3, 0.4) is 0 Å². The number of nitrogens with one attached hydrogen (secondary N) is 1. The molecular formula is C11H16BrN3O2. The molecule has 1 aromatic heterocycles. The van der Waals surface area contributed by atoms with Crippen LogP contribution in [-0.4, -0.2) is 15.4 Å². The molecule has 17 heavy (non-hydrogen) atoms. The zero-order valence-corrected chi connectivity index (χ0v) is 11.7. The van der Waals surface area contributed by atoms with Crippen LogP contribution >= 0.6 is 15.9 Å². The first-order chi connectivity index (χ1) is 7.87. The fourth-order valence-electron chi connectivity index (χ4n) is 1.71. The van der Waals surface area contributed by atoms with Gasteiger partial charge in [0, 0.05) is 11.7 Å². The molecule has 1 aromatic rings. The van der Waals surface area contributed by atoms with Crippen LogP contribution in [0.5, 0.6) is 0 Å². The van der Waals surface area contributed by atoms with E-state index in [1.807, 2.05) is 13.8 Å². The second-order valence-corrected chi connectivity index (χ2v) is 5.39. The number of hydrogen-bond donors (Lipinski definition) is 1. The minimum atomic E-state index is -0.428. The highest BCUT2D eigenvalue weighted by molar-refractivity contribution is 9.10. The van der Waals surface area contributed by atoms with Gasteiger partial charge in [-0.1, -0.05) is 13.3 Å². The van der Waals surface area contributed by atoms with Gasteiger partial charge in [-0.2, -0.15) is 0 Å². The van der Waals surface area contributed by atoms with Crippen molar-refractivity contribution in [3.63, 3.8) is 0 Å². The lowest BCUT2D eigenvalue weighted by atomic mass is 9.98. The SMILES string of the molecule is CCCC(C)(C)Nc1c(Br)cncc1[N+](=O)[O-]. The highest BCUT2D eigenvalue weighted by atomic mass is 79.9. The van der Waals surface area contributed by atoms with Crippen LogP contribution in [0.15, 0.2) is 16.9 Å². The standard InChI is InChI=1S/C11H16BrN3O2/c1-4-5-11(2,3)14-10-8(12)6-13-7-9(10)15(16)17/h6-7H,4-5H2,1-3H3,(H,13,14). The molecule has 0 unspecified atom stereocenters. The maximum atomic E-state index is 10.9. The Morgan fingerprint density at radius 3 is 2.71 bits per heavy atom. The number of aromatic nitrogens is 1. The van der Waals surface area contributed by atoms with Crippen LogP contribution in [0.1, 0.15) is 33.6 Å². The molecule has 0 saturated carbocycles. The molecule has 5 nitrogen and oxygen atoms in total. The predicted octanol–water partition coefficient (Wildman–Crippen LogP) is 3.74. The van der Waals surface area contributed by atoms with Crippen molar-refractivity contribution in [3.8, 4) is 0 Å². The summed E-state index contributed by atoms with van der Waals surface area (Å²) in [7, 11) is 0. The Kier molecular flexibility index (Phi) is 4.45. The summed E-state index contributed by atoms with van der Waals surface area (Å²) in [6.07, 6.45) is 4.75. The first-order valence-corrected chi connectivity index (χ1v) is 6.23. The number of pyridine rings is 1. The van der Waals surface area contributed by atoms with Crippen molar-refractivity contribution in [1.82, 2.24) is 4.98 Å². The molecule has 0 aliphatic carbocycles. The van der Waals surface area contributed by atoms with Gasteiger partial charge in [0.2, 0.25) is 0 Å². The summed E-state index contributed by atoms with van der Waals surface area (Å²) in [5.41, 5.74) is 0.288. The van der Waals surface area contributed by atoms with E-state index in [-0.39, 0.29) is 11.2 Å². The Bertz CT molecular complexity index is 421. The van der Waals surface area contributed by atoms with E-state index in [0.717, 1.165) is 12.8 Å². The van der Waals surface area contributed by atoms with E-state index in [0.29, 0.717) is 10.2 Å². The Morgan fingerprint density at radius 1 is 1.53 bits per heavy atom. The topological polar surface area (TPSA) is 68.1 Å². The molecular weight excluding hydrogens is 286 g/mol. The van der Waals surface area contributed by atoms with E-state index in [1.165, 1.54) is 6.20 Å². The van der Waals surface area contributed by atoms with E-state index in [1.54, 1.807) is 6.20 Å². The van der Waals surface area contributed by atoms with E-state index in [9.17, 15) is 10.1 Å². The second kappa shape index (κ2) is 5.44. The molecule has 0 bridgehead atoms. The number of halogens is 1. The van der Waals surface area contributed by atoms with Crippen LogP contribution in [0.4, 0.5) is 11.4 Å². The summed E-state index contributed by atoms with van der Waals surface area (Å²) in [4.78, 5) is 14.3. The summed E-state index contributed by atoms with van der Waals surface area (Å²) >= 11 is 3.29. The zero-order valence-electron chi connectivity index (χ0n) is 10.2. The number of hydrogen-bond acceptors (Lipinski definition) is 4. The van der Waals surface area contributed by atoms with Crippen LogP contribution in [0.25, 0.3) is 0 Å². The molecule has 0 aliphatic heterocycles. The van der Waals surface area contributed by atoms with E-state index < -0.39 is 4.92 Å². The molecule has 0 atom stereocenters. The maximum absolute atomic E-state index is 10.9. The number of nitrogens with zero attached hydrogens (tertiary/aromatic N) is 2. The minimum absolute atomic E-state index is 0.0106. The van der Waals surface area contributed by atoms with Crippen molar-refractivity contribution in [3.05, 3.63) is 27.0 Å². The maximum Gasteiger partial charge on any atom is 0.311 e. The van der Waals surface area contributed by atoms with Crippen molar-refractivity contribution in [1.29, 1.82) is 0 Å². The average Bonchev–Trinajstić information content (AvgIpc) is 2.20. The summed E-state index contributed by atoms with van der Waals surface area (Å²) in [5, 5.41) is 14.1. The third-order valence-electron chi connectivity index (χ3n) is 2.41. The van der Waals surface area contributed by atoms with Gasteiger partial charge >= 0.3 is 5.69 Å². The highest BCUT2D eigenvalue weighted by Gasteiger charge is 2.24. The van der Waals surface area contributed by atoms with Crippen molar-refractivity contribution in [2.75, 3.05) is 5.32 Å². The first kappa shape index (κ1) is 13.9. The molecule has 0 saturated heterocycles. The van der Waals surface area contributed by atoms with Crippen LogP contribution < -0.4 is 5.32 Å². The van der Waals surface area contributed by atoms with Gasteiger partial charge in [-0.3, -0.25) is 15.1 Å². The minimum Gasteiger partial charge on any atom is -0.374 e. The first-order valence-electron chi connectivity index (χ1n) is 5.43. The summed E-state index contributed by atoms with van der Waals surface area (Å²) in [6.45, 7) is 6.12. The van der Waals surface area contributed by atoms with E-state index >= 15 is 0 Å². The summed E-state index contributed by atoms with van der Waals surface area (Å²) < 4.78 is 0.607. The summed E-state index contributed by atoms with van der Waals surface area (Å²) in [5.74, 6) is 0. The lowest BCUT2D eigenvalue weighted by Gasteiger charge is -2.27. The summed E-state index contributed by atoms with van der Waals surface area (Å²) in [6, 6.07) is 0. The highest BCUT2D eigenvalue weighted by Crippen LogP contribution is 2.34. The van der Waals surface area contributed by atoms with Gasteiger partial charge in [0.15, 0.2) is 0 Å². The Labute approximate surface area is 109 Å². The Morgan fingerprint density at radius 2 is 2.18 bits per heavy atom. The smallest absolute Gasteiger partial charge is 0.311 e. The molecule has 94 valence electrons. The molecule has 0 radical (unpaired) electrons. The molecule has 0 amide bonds. The molecule has 1 N–H and O–H groups in total. The molecule has 6 heteroatoms. The van der Waals surface area contributed by atoms with Crippen molar-refractivity contribution < 1.29 is 4.92 Å². The normalized spacial score (nSPS) is 11.3. The lowest BCUT2D eigenvalue weighted by molar-refractivity contribution is -0.384. The van der Waals surface area contributed by atoms with Crippen molar-refractivity contribution >= 4 is 27.3 Å². The van der Waals surface area contributed by atoms with Gasteiger partial charge < -0.3 is 5.32 Å². The average molecular weight is 302 g/mol. The quantitative estimate of drug-likeness (QED) is 0.664. The Balaban J connectivity index is 3.08. The third-order valence-corrected chi connectivity index (χ3v) is 3.02. The molecule has 1 heterocycles. The largest absolute Gasteiger partial charge is 0.374 e. The fraction of sp³-hybridized carbons (Fsp3) is 0.545. The molecule has 0 aromatic carbocycles. The van der Waals surface area contributed by atoms with Gasteiger partial charge in [-0.25, -0.2) is 0 Å². The Hall–Kier alpha value is -1.17. The third kappa shape index (κ3) is 3.66. The van der Waals surface area contributed by atoms with Crippen LogP contribution in [-0.2, 0) is 0 Å². The number of rotatable bonds is 5. The van der Waals surface area contributed by atoms with Gasteiger partial charge in [0.05, 0.1) is 9.40 Å². The van der Waals surface area contributed by atoms with Gasteiger partial charge in [-0.05, 0) is 36.2 Å². The van der Waals surface area contributed by atoms with Crippen LogP contribution in [0, 0.1) is 10.1 Å². The van der Waals surface area contributed by atoms with Crippen LogP contribution in [0.2, 0.25) is 0 Å². The monoisotopic (exact) mass is 301 g/mol. The van der Waals surface area contributed by atoms with Crippen molar-refractivity contribution in [2.45, 2.75) is 39.2 Å². The van der Waals surface area contributed by atoms with E-state index in [2.05, 4.69) is 33.2 Å². The molecule has 0 spiro atoms. The second-order valence-electron chi connectivity index (χ2n) is 4.53. The molecule has 0 aliphatic rings. The number of nitro groups is 1. The lowest BCUT2D eigenvalue weighted by Crippen LogP contribution is -2.31. The zero-order chi connectivity index (χ0) is 13.1. The van der Waals surface area contributed by atoms with E-state index in [4.69, 9.17) is 0 Å². The molecule has 1 rings (SSSR count). The van der Waals surface area contributed by atoms with Crippen molar-refractivity contribution in [2.24, 2.45) is 0 Å². The fourth-order valence-corrected chi connectivity index (χ4v) is 2.13. The number of anilines is 1. The van der Waals surface area contributed by atoms with Gasteiger partial charge in [0.1, 0.15) is 11.9 Å². The van der Waals surface area contributed by atoms with Gasteiger partial charge in [0.25, 0.3) is 0 Å².